The lowest BCUT2D eigenvalue weighted by molar-refractivity contribution is -0.274. The van der Waals surface area contributed by atoms with Crippen LogP contribution in [0, 0.1) is 0 Å². The van der Waals surface area contributed by atoms with E-state index in [-0.39, 0.29) is 24.6 Å². The highest BCUT2D eigenvalue weighted by atomic mass is 35.5. The van der Waals surface area contributed by atoms with Crippen molar-refractivity contribution in [2.45, 2.75) is 31.4 Å². The number of methoxy groups -OCH3 is 1. The molecule has 4 nitrogen and oxygen atoms in total. The number of nitrogens with one attached hydrogen (secondary N) is 1. The predicted molar refractivity (Wildman–Crippen MR) is 89.4 cm³/mol. The van der Waals surface area contributed by atoms with Gasteiger partial charge in [-0.05, 0) is 12.5 Å². The number of hydrogen-bond donors (Lipinski definition) is 1. The van der Waals surface area contributed by atoms with E-state index >= 15 is 0 Å². The Morgan fingerprint density at radius 3 is 2.26 bits per heavy atom. The van der Waals surface area contributed by atoms with Crippen molar-refractivity contribution in [1.82, 2.24) is 10.2 Å². The van der Waals surface area contributed by atoms with Crippen LogP contribution < -0.4 is 14.8 Å². The zero-order chi connectivity index (χ0) is 19.4. The molecule has 0 bridgehead atoms. The molecule has 1 aromatic carbocycles. The fourth-order valence-electron chi connectivity index (χ4n) is 2.99. The summed E-state index contributed by atoms with van der Waals surface area (Å²) in [4.78, 5) is 1.88. The van der Waals surface area contributed by atoms with Gasteiger partial charge in [0.2, 0.25) is 0 Å². The first-order valence-corrected chi connectivity index (χ1v) is 8.04. The first-order valence-electron chi connectivity index (χ1n) is 8.04. The van der Waals surface area contributed by atoms with Gasteiger partial charge in [0, 0.05) is 50.3 Å². The average Bonchev–Trinajstić information content (AvgIpc) is 2.54. The Hall–Kier alpha value is -1.39. The summed E-state index contributed by atoms with van der Waals surface area (Å²) in [6.07, 6.45) is -10.4. The molecule has 0 amide bonds. The second kappa shape index (κ2) is 9.70. The van der Waals surface area contributed by atoms with Crippen molar-refractivity contribution in [1.29, 1.82) is 0 Å². The molecule has 11 heteroatoms. The van der Waals surface area contributed by atoms with Crippen molar-refractivity contribution in [2.75, 3.05) is 33.3 Å². The maximum atomic E-state index is 12.7. The van der Waals surface area contributed by atoms with Crippen molar-refractivity contribution in [2.24, 2.45) is 0 Å². The average molecular weight is 423 g/mol. The highest BCUT2D eigenvalue weighted by Crippen LogP contribution is 2.38. The zero-order valence-corrected chi connectivity index (χ0v) is 15.3. The molecule has 156 valence electrons. The van der Waals surface area contributed by atoms with Crippen LogP contribution in [0.2, 0.25) is 0 Å². The van der Waals surface area contributed by atoms with Crippen LogP contribution >= 0.6 is 12.4 Å². The smallest absolute Gasteiger partial charge is 0.496 e. The summed E-state index contributed by atoms with van der Waals surface area (Å²) in [5.41, 5.74) is 0.410. The molecule has 0 spiro atoms. The molecule has 1 aliphatic heterocycles. The van der Waals surface area contributed by atoms with Crippen LogP contribution in [0.3, 0.4) is 0 Å². The normalized spacial score (nSPS) is 17.1. The minimum atomic E-state index is -4.86. The lowest BCUT2D eigenvalue weighted by atomic mass is 9.98. The van der Waals surface area contributed by atoms with E-state index < -0.39 is 30.8 Å². The summed E-state index contributed by atoms with van der Waals surface area (Å²) >= 11 is 0. The van der Waals surface area contributed by atoms with E-state index in [2.05, 4.69) is 10.1 Å². The highest BCUT2D eigenvalue weighted by molar-refractivity contribution is 5.85. The maximum absolute atomic E-state index is 12.7. The maximum Gasteiger partial charge on any atom is 0.573 e. The van der Waals surface area contributed by atoms with E-state index in [0.717, 1.165) is 12.1 Å². The minimum Gasteiger partial charge on any atom is -0.496 e. The number of rotatable bonds is 6. The van der Waals surface area contributed by atoms with Crippen molar-refractivity contribution in [3.8, 4) is 11.5 Å². The molecule has 0 aromatic heterocycles. The number of alkyl halides is 6. The van der Waals surface area contributed by atoms with Crippen LogP contribution in [-0.2, 0) is 0 Å². The number of benzene rings is 1. The van der Waals surface area contributed by atoms with Crippen LogP contribution in [0.4, 0.5) is 26.3 Å². The second-order valence-electron chi connectivity index (χ2n) is 5.91. The molecule has 1 N–H and O–H groups in total. The van der Waals surface area contributed by atoms with E-state index in [1.165, 1.54) is 13.2 Å². The summed E-state index contributed by atoms with van der Waals surface area (Å²) in [5.74, 6) is -0.412. The molecule has 2 rings (SSSR count). The molecule has 27 heavy (non-hydrogen) atoms. The molecule has 1 atom stereocenters. The number of ether oxygens (including phenoxy) is 2. The van der Waals surface area contributed by atoms with E-state index in [1.54, 1.807) is 0 Å². The number of nitrogens with zero attached hydrogens (tertiary/aromatic N) is 1. The van der Waals surface area contributed by atoms with Crippen LogP contribution in [0.1, 0.15) is 24.4 Å². The molecule has 1 heterocycles. The Morgan fingerprint density at radius 1 is 1.11 bits per heavy atom. The fourth-order valence-corrected chi connectivity index (χ4v) is 2.99. The van der Waals surface area contributed by atoms with Gasteiger partial charge in [0.1, 0.15) is 11.5 Å². The number of piperazine rings is 1. The Labute approximate surface area is 159 Å². The SMILES string of the molecule is COc1cc(OC(F)(F)F)ccc1[C@H](CCC(F)(F)F)N1CCNCC1.Cl. The van der Waals surface area contributed by atoms with Gasteiger partial charge in [-0.3, -0.25) is 4.90 Å². The monoisotopic (exact) mass is 422 g/mol. The van der Waals surface area contributed by atoms with Crippen LogP contribution in [-0.4, -0.2) is 50.7 Å². The molecular formula is C16H21ClF6N2O2. The lowest BCUT2D eigenvalue weighted by Crippen LogP contribution is -2.45. The first kappa shape index (κ1) is 23.6. The zero-order valence-electron chi connectivity index (χ0n) is 14.5. The molecular weight excluding hydrogens is 402 g/mol. The topological polar surface area (TPSA) is 33.7 Å². The summed E-state index contributed by atoms with van der Waals surface area (Å²) < 4.78 is 84.3. The standard InChI is InChI=1S/C16H20F6N2O2.ClH/c1-25-14-10-11(26-16(20,21)22)2-3-12(14)13(4-5-15(17,18)19)24-8-6-23-7-9-24;/h2-3,10,13,23H,4-9H2,1H3;1H/t13-;/m0./s1. The van der Waals surface area contributed by atoms with E-state index in [4.69, 9.17) is 4.74 Å². The third kappa shape index (κ3) is 7.63. The Balaban J connectivity index is 0.00000364. The Morgan fingerprint density at radius 2 is 1.74 bits per heavy atom. The molecule has 0 saturated carbocycles. The second-order valence-corrected chi connectivity index (χ2v) is 5.91. The largest absolute Gasteiger partial charge is 0.573 e. The van der Waals surface area contributed by atoms with Crippen molar-refractivity contribution in [3.63, 3.8) is 0 Å². The quantitative estimate of drug-likeness (QED) is 0.693. The molecule has 0 radical (unpaired) electrons. The van der Waals surface area contributed by atoms with Crippen molar-refractivity contribution in [3.05, 3.63) is 23.8 Å². The minimum absolute atomic E-state index is 0. The predicted octanol–water partition coefficient (Wildman–Crippen LogP) is 4.30. The highest BCUT2D eigenvalue weighted by Gasteiger charge is 2.34. The van der Waals surface area contributed by atoms with Gasteiger partial charge < -0.3 is 14.8 Å². The van der Waals surface area contributed by atoms with Crippen LogP contribution in [0.5, 0.6) is 11.5 Å². The summed E-state index contributed by atoms with van der Waals surface area (Å²) in [6, 6.07) is 2.86. The van der Waals surface area contributed by atoms with Crippen molar-refractivity contribution < 1.29 is 35.8 Å². The van der Waals surface area contributed by atoms with E-state index in [9.17, 15) is 26.3 Å². The molecule has 1 aliphatic rings. The number of hydrogen-bond acceptors (Lipinski definition) is 4. The fraction of sp³-hybridized carbons (Fsp3) is 0.625. The van der Waals surface area contributed by atoms with E-state index in [1.807, 2.05) is 4.90 Å². The van der Waals surface area contributed by atoms with Gasteiger partial charge in [0.25, 0.3) is 0 Å². The number of halogens is 7. The Bertz CT molecular complexity index is 591. The van der Waals surface area contributed by atoms with Gasteiger partial charge in [-0.15, -0.1) is 25.6 Å². The Kier molecular flexibility index (Phi) is 8.49. The third-order valence-corrected chi connectivity index (χ3v) is 4.09. The van der Waals surface area contributed by atoms with E-state index in [0.29, 0.717) is 31.7 Å². The van der Waals surface area contributed by atoms with Crippen LogP contribution in [0.25, 0.3) is 0 Å². The molecule has 0 unspecified atom stereocenters. The van der Waals surface area contributed by atoms with Gasteiger partial charge in [-0.25, -0.2) is 0 Å². The van der Waals surface area contributed by atoms with Gasteiger partial charge in [0.15, 0.2) is 0 Å². The summed E-state index contributed by atoms with van der Waals surface area (Å²) in [5, 5.41) is 3.12. The van der Waals surface area contributed by atoms with Crippen molar-refractivity contribution >= 4 is 12.4 Å². The van der Waals surface area contributed by atoms with Gasteiger partial charge >= 0.3 is 12.5 Å². The lowest BCUT2D eigenvalue weighted by Gasteiger charge is -2.36. The summed E-state index contributed by atoms with van der Waals surface area (Å²) in [7, 11) is 1.26. The molecule has 1 saturated heterocycles. The van der Waals surface area contributed by atoms with Gasteiger partial charge in [-0.1, -0.05) is 6.07 Å². The third-order valence-electron chi connectivity index (χ3n) is 4.09. The molecule has 1 aromatic rings. The molecule has 0 aliphatic carbocycles. The molecule has 1 fully saturated rings. The van der Waals surface area contributed by atoms with Gasteiger partial charge in [0.05, 0.1) is 7.11 Å². The summed E-state index contributed by atoms with van der Waals surface area (Å²) in [6.45, 7) is 2.32. The van der Waals surface area contributed by atoms with Gasteiger partial charge in [-0.2, -0.15) is 13.2 Å². The first-order chi connectivity index (χ1) is 12.1. The van der Waals surface area contributed by atoms with Crippen LogP contribution in [0.15, 0.2) is 18.2 Å².